The van der Waals surface area contributed by atoms with Gasteiger partial charge in [0.2, 0.25) is 5.91 Å². The van der Waals surface area contributed by atoms with Gasteiger partial charge >= 0.3 is 6.18 Å². The third-order valence-electron chi connectivity index (χ3n) is 3.68. The lowest BCUT2D eigenvalue weighted by atomic mass is 10.1. The number of halogens is 3. The summed E-state index contributed by atoms with van der Waals surface area (Å²) in [6.45, 7) is 4.08. The number of hydrogen-bond acceptors (Lipinski definition) is 4. The average Bonchev–Trinajstić information content (AvgIpc) is 2.86. The highest BCUT2D eigenvalue weighted by molar-refractivity contribution is 7.99. The highest BCUT2D eigenvalue weighted by Crippen LogP contribution is 2.29. The first-order chi connectivity index (χ1) is 11.8. The van der Waals surface area contributed by atoms with E-state index in [1.54, 1.807) is 0 Å². The molecule has 2 rings (SSSR count). The summed E-state index contributed by atoms with van der Waals surface area (Å²) in [5, 5.41) is 6.62. The van der Waals surface area contributed by atoms with Gasteiger partial charge in [0, 0.05) is 17.9 Å². The molecule has 0 saturated carbocycles. The number of aromatic nitrogens is 1. The minimum atomic E-state index is -4.33. The molecule has 0 fully saturated rings. The fraction of sp³-hybridized carbons (Fsp3) is 0.412. The van der Waals surface area contributed by atoms with Crippen molar-refractivity contribution in [2.24, 2.45) is 0 Å². The van der Waals surface area contributed by atoms with Gasteiger partial charge in [0.25, 0.3) is 0 Å². The molecule has 1 N–H and O–H groups in total. The molecule has 0 radical (unpaired) electrons. The van der Waals surface area contributed by atoms with E-state index in [2.05, 4.69) is 10.5 Å². The van der Waals surface area contributed by atoms with Gasteiger partial charge < -0.3 is 9.84 Å². The van der Waals surface area contributed by atoms with E-state index in [4.69, 9.17) is 4.52 Å². The summed E-state index contributed by atoms with van der Waals surface area (Å²) in [4.78, 5) is 11.8. The number of hydrogen-bond donors (Lipinski definition) is 1. The molecule has 1 aromatic carbocycles. The first-order valence-corrected chi connectivity index (χ1v) is 8.85. The van der Waals surface area contributed by atoms with Gasteiger partial charge in [0.05, 0.1) is 17.0 Å². The van der Waals surface area contributed by atoms with Crippen LogP contribution in [0.1, 0.15) is 28.1 Å². The lowest BCUT2D eigenvalue weighted by molar-refractivity contribution is -0.137. The van der Waals surface area contributed by atoms with Gasteiger partial charge in [-0.3, -0.25) is 4.79 Å². The van der Waals surface area contributed by atoms with E-state index < -0.39 is 11.7 Å². The monoisotopic (exact) mass is 372 g/mol. The standard InChI is InChI=1S/C17H19F3N2O2S/c1-11-15(12(2)24-22-11)9-25-10-16(23)21-8-7-13-3-5-14(6-4-13)17(18,19)20/h3-6H,7-10H2,1-2H3,(H,21,23). The molecule has 136 valence electrons. The molecule has 0 aliphatic rings. The van der Waals surface area contributed by atoms with E-state index in [0.29, 0.717) is 24.5 Å². The van der Waals surface area contributed by atoms with E-state index in [1.165, 1.54) is 23.9 Å². The largest absolute Gasteiger partial charge is 0.416 e. The molecule has 1 aromatic heterocycles. The average molecular weight is 372 g/mol. The van der Waals surface area contributed by atoms with Crippen LogP contribution in [-0.4, -0.2) is 23.4 Å². The summed E-state index contributed by atoms with van der Waals surface area (Å²) in [5.41, 5.74) is 1.91. The number of alkyl halides is 3. The van der Waals surface area contributed by atoms with Gasteiger partial charge in [0.15, 0.2) is 0 Å². The van der Waals surface area contributed by atoms with Crippen molar-refractivity contribution in [3.8, 4) is 0 Å². The van der Waals surface area contributed by atoms with Crippen molar-refractivity contribution in [1.82, 2.24) is 10.5 Å². The topological polar surface area (TPSA) is 55.1 Å². The maximum Gasteiger partial charge on any atom is 0.416 e. The van der Waals surface area contributed by atoms with Crippen LogP contribution in [0, 0.1) is 13.8 Å². The number of carbonyl (C=O) groups is 1. The van der Waals surface area contributed by atoms with E-state index in [1.807, 2.05) is 13.8 Å². The molecule has 1 heterocycles. The minimum absolute atomic E-state index is 0.108. The predicted molar refractivity (Wildman–Crippen MR) is 90.3 cm³/mol. The lowest BCUT2D eigenvalue weighted by Gasteiger charge is -2.08. The van der Waals surface area contributed by atoms with Crippen molar-refractivity contribution >= 4 is 17.7 Å². The molecular formula is C17H19F3N2O2S. The predicted octanol–water partition coefficient (Wildman–Crippen LogP) is 3.90. The Morgan fingerprint density at radius 1 is 1.24 bits per heavy atom. The summed E-state index contributed by atoms with van der Waals surface area (Å²) >= 11 is 1.46. The van der Waals surface area contributed by atoms with Crippen molar-refractivity contribution in [1.29, 1.82) is 0 Å². The highest BCUT2D eigenvalue weighted by Gasteiger charge is 2.29. The summed E-state index contributed by atoms with van der Waals surface area (Å²) in [6.07, 6.45) is -3.84. The Bertz CT molecular complexity index is 692. The number of nitrogens with one attached hydrogen (secondary N) is 1. The van der Waals surface area contributed by atoms with E-state index >= 15 is 0 Å². The second kappa shape index (κ2) is 8.42. The zero-order valence-corrected chi connectivity index (χ0v) is 14.8. The van der Waals surface area contributed by atoms with Crippen LogP contribution in [0.5, 0.6) is 0 Å². The fourth-order valence-electron chi connectivity index (χ4n) is 2.21. The minimum Gasteiger partial charge on any atom is -0.361 e. The van der Waals surface area contributed by atoms with Crippen molar-refractivity contribution in [3.63, 3.8) is 0 Å². The van der Waals surface area contributed by atoms with E-state index in [9.17, 15) is 18.0 Å². The first-order valence-electron chi connectivity index (χ1n) is 7.69. The molecular weight excluding hydrogens is 353 g/mol. The van der Waals surface area contributed by atoms with E-state index in [0.717, 1.165) is 34.7 Å². The first kappa shape index (κ1) is 19.4. The van der Waals surface area contributed by atoms with Crippen molar-refractivity contribution in [2.45, 2.75) is 32.2 Å². The Kier molecular flexibility index (Phi) is 6.52. The third-order valence-corrected chi connectivity index (χ3v) is 4.64. The Labute approximate surface area is 148 Å². The molecule has 0 aliphatic carbocycles. The Morgan fingerprint density at radius 3 is 2.48 bits per heavy atom. The highest BCUT2D eigenvalue weighted by atomic mass is 32.2. The quantitative estimate of drug-likeness (QED) is 0.801. The van der Waals surface area contributed by atoms with Crippen LogP contribution in [0.4, 0.5) is 13.2 Å². The lowest BCUT2D eigenvalue weighted by Crippen LogP contribution is -2.27. The molecule has 25 heavy (non-hydrogen) atoms. The number of aryl methyl sites for hydroxylation is 2. The van der Waals surface area contributed by atoms with Gasteiger partial charge in [-0.05, 0) is 38.0 Å². The Hall–Kier alpha value is -1.96. The van der Waals surface area contributed by atoms with Crippen LogP contribution in [0.25, 0.3) is 0 Å². The van der Waals surface area contributed by atoms with Crippen LogP contribution >= 0.6 is 11.8 Å². The summed E-state index contributed by atoms with van der Waals surface area (Å²) in [7, 11) is 0. The van der Waals surface area contributed by atoms with Crippen molar-refractivity contribution in [2.75, 3.05) is 12.3 Å². The molecule has 2 aromatic rings. The Morgan fingerprint density at radius 2 is 1.92 bits per heavy atom. The molecule has 1 amide bonds. The molecule has 4 nitrogen and oxygen atoms in total. The van der Waals surface area contributed by atoms with Gasteiger partial charge in [-0.15, -0.1) is 11.8 Å². The SMILES string of the molecule is Cc1noc(C)c1CSCC(=O)NCCc1ccc(C(F)(F)F)cc1. The zero-order chi connectivity index (χ0) is 18.4. The van der Waals surface area contributed by atoms with Gasteiger partial charge in [-0.25, -0.2) is 0 Å². The molecule has 0 bridgehead atoms. The van der Waals surface area contributed by atoms with Crippen LogP contribution in [-0.2, 0) is 23.1 Å². The maximum absolute atomic E-state index is 12.5. The number of rotatable bonds is 7. The molecule has 8 heteroatoms. The van der Waals surface area contributed by atoms with Crippen LogP contribution in [0.2, 0.25) is 0 Å². The number of carbonyl (C=O) groups excluding carboxylic acids is 1. The molecule has 0 saturated heterocycles. The molecule has 0 aliphatic heterocycles. The second-order valence-corrected chi connectivity index (χ2v) is 6.58. The van der Waals surface area contributed by atoms with Crippen molar-refractivity contribution in [3.05, 3.63) is 52.4 Å². The molecule has 0 spiro atoms. The smallest absolute Gasteiger partial charge is 0.361 e. The van der Waals surface area contributed by atoms with Crippen molar-refractivity contribution < 1.29 is 22.5 Å². The maximum atomic E-state index is 12.5. The second-order valence-electron chi connectivity index (χ2n) is 5.59. The Balaban J connectivity index is 1.68. The van der Waals surface area contributed by atoms with Crippen LogP contribution < -0.4 is 5.32 Å². The zero-order valence-electron chi connectivity index (χ0n) is 13.9. The molecule has 0 unspecified atom stereocenters. The van der Waals surface area contributed by atoms with Crippen LogP contribution in [0.3, 0.4) is 0 Å². The number of benzene rings is 1. The molecule has 0 atom stereocenters. The van der Waals surface area contributed by atoms with E-state index in [-0.39, 0.29) is 5.91 Å². The summed E-state index contributed by atoms with van der Waals surface area (Å²) < 4.78 is 42.5. The summed E-state index contributed by atoms with van der Waals surface area (Å²) in [5.74, 6) is 1.60. The fourth-order valence-corrected chi connectivity index (χ4v) is 3.22. The number of thioether (sulfide) groups is 1. The van der Waals surface area contributed by atoms with Gasteiger partial charge in [-0.2, -0.15) is 13.2 Å². The normalized spacial score (nSPS) is 11.6. The number of amides is 1. The summed E-state index contributed by atoms with van der Waals surface area (Å²) in [6, 6.07) is 4.97. The number of nitrogens with zero attached hydrogens (tertiary/aromatic N) is 1. The third kappa shape index (κ3) is 5.81. The van der Waals surface area contributed by atoms with Gasteiger partial charge in [0.1, 0.15) is 5.76 Å². The van der Waals surface area contributed by atoms with Crippen LogP contribution in [0.15, 0.2) is 28.8 Å². The van der Waals surface area contributed by atoms with Gasteiger partial charge in [-0.1, -0.05) is 17.3 Å².